The van der Waals surface area contributed by atoms with Crippen LogP contribution in [-0.2, 0) is 0 Å². The van der Waals surface area contributed by atoms with Crippen molar-refractivity contribution in [3.63, 3.8) is 0 Å². The van der Waals surface area contributed by atoms with Crippen molar-refractivity contribution < 1.29 is 4.79 Å². The third-order valence-electron chi connectivity index (χ3n) is 5.11. The molecule has 1 aromatic carbocycles. The van der Waals surface area contributed by atoms with E-state index in [4.69, 9.17) is 4.98 Å². The third kappa shape index (κ3) is 3.62. The number of aromatic nitrogens is 3. The summed E-state index contributed by atoms with van der Waals surface area (Å²) >= 11 is 0. The highest BCUT2D eigenvalue weighted by molar-refractivity contribution is 6.06. The van der Waals surface area contributed by atoms with Crippen LogP contribution in [0.3, 0.4) is 0 Å². The molecule has 4 rings (SSSR count). The summed E-state index contributed by atoms with van der Waals surface area (Å²) < 4.78 is 1.89. The predicted molar refractivity (Wildman–Crippen MR) is 114 cm³/mol. The van der Waals surface area contributed by atoms with Crippen molar-refractivity contribution in [3.8, 4) is 11.3 Å². The molecule has 1 fully saturated rings. The van der Waals surface area contributed by atoms with E-state index in [0.717, 1.165) is 54.0 Å². The van der Waals surface area contributed by atoms with E-state index in [2.05, 4.69) is 43.3 Å². The van der Waals surface area contributed by atoms with Gasteiger partial charge in [-0.3, -0.25) is 4.79 Å². The molecule has 148 valence electrons. The number of nitrogens with one attached hydrogen (secondary N) is 1. The zero-order valence-corrected chi connectivity index (χ0v) is 17.3. The van der Waals surface area contributed by atoms with E-state index in [1.807, 2.05) is 27.8 Å². The van der Waals surface area contributed by atoms with Gasteiger partial charge in [0, 0.05) is 37.8 Å². The average Bonchev–Trinajstić information content (AvgIpc) is 3.12. The molecule has 7 heteroatoms. The van der Waals surface area contributed by atoms with Crippen LogP contribution in [-0.4, -0.2) is 51.8 Å². The van der Waals surface area contributed by atoms with Crippen LogP contribution in [0.4, 0.5) is 0 Å². The van der Waals surface area contributed by atoms with E-state index in [1.165, 1.54) is 0 Å². The van der Waals surface area contributed by atoms with Gasteiger partial charge in [-0.1, -0.05) is 24.3 Å². The van der Waals surface area contributed by atoms with Crippen LogP contribution >= 0.6 is 12.4 Å². The maximum absolute atomic E-state index is 13.3. The van der Waals surface area contributed by atoms with Gasteiger partial charge in [0.25, 0.3) is 5.91 Å². The summed E-state index contributed by atoms with van der Waals surface area (Å²) in [4.78, 5) is 20.1. The van der Waals surface area contributed by atoms with Gasteiger partial charge in [0.1, 0.15) is 0 Å². The molecule has 1 N–H and O–H groups in total. The van der Waals surface area contributed by atoms with Crippen LogP contribution in [0, 0.1) is 6.92 Å². The fourth-order valence-electron chi connectivity index (χ4n) is 3.61. The number of pyridine rings is 1. The summed E-state index contributed by atoms with van der Waals surface area (Å²) in [6.07, 6.45) is 1.78. The number of rotatable bonds is 3. The molecule has 1 amide bonds. The molecule has 0 atom stereocenters. The Kier molecular flexibility index (Phi) is 6.01. The van der Waals surface area contributed by atoms with Gasteiger partial charge < -0.3 is 10.2 Å². The van der Waals surface area contributed by atoms with Crippen LogP contribution in [0.2, 0.25) is 0 Å². The molecular weight excluding hydrogens is 374 g/mol. The van der Waals surface area contributed by atoms with Crippen molar-refractivity contribution in [1.29, 1.82) is 0 Å². The Labute approximate surface area is 171 Å². The number of piperazine rings is 1. The summed E-state index contributed by atoms with van der Waals surface area (Å²) in [6.45, 7) is 9.32. The zero-order chi connectivity index (χ0) is 19.0. The second kappa shape index (κ2) is 8.29. The fraction of sp³-hybridized carbons (Fsp3) is 0.381. The first kappa shape index (κ1) is 20.3. The van der Waals surface area contributed by atoms with Gasteiger partial charge in [-0.2, -0.15) is 5.10 Å². The Hall–Kier alpha value is -2.44. The van der Waals surface area contributed by atoms with Gasteiger partial charge in [0.15, 0.2) is 5.65 Å². The minimum atomic E-state index is 0. The first-order valence-corrected chi connectivity index (χ1v) is 9.50. The first-order chi connectivity index (χ1) is 13.1. The Bertz CT molecular complexity index is 992. The van der Waals surface area contributed by atoms with Crippen LogP contribution < -0.4 is 5.32 Å². The molecule has 6 nitrogen and oxygen atoms in total. The summed E-state index contributed by atoms with van der Waals surface area (Å²) in [5.74, 6) is 0.0574. The van der Waals surface area contributed by atoms with Crippen molar-refractivity contribution in [2.24, 2.45) is 0 Å². The number of hydrogen-bond acceptors (Lipinski definition) is 4. The predicted octanol–water partition coefficient (Wildman–Crippen LogP) is 3.45. The highest BCUT2D eigenvalue weighted by Gasteiger charge is 2.23. The summed E-state index contributed by atoms with van der Waals surface area (Å²) in [7, 11) is 0. The number of carbonyl (C=O) groups excluding carboxylic acids is 1. The molecule has 28 heavy (non-hydrogen) atoms. The Morgan fingerprint density at radius 1 is 1.18 bits per heavy atom. The highest BCUT2D eigenvalue weighted by Crippen LogP contribution is 2.29. The number of halogens is 1. The normalized spacial score (nSPS) is 14.4. The van der Waals surface area contributed by atoms with Gasteiger partial charge in [-0.05, 0) is 32.4 Å². The molecule has 3 heterocycles. The van der Waals surface area contributed by atoms with Gasteiger partial charge in [0.2, 0.25) is 0 Å². The maximum Gasteiger partial charge on any atom is 0.254 e. The molecule has 0 bridgehead atoms. The minimum absolute atomic E-state index is 0. The molecule has 1 aliphatic heterocycles. The van der Waals surface area contributed by atoms with Gasteiger partial charge >= 0.3 is 0 Å². The maximum atomic E-state index is 13.3. The highest BCUT2D eigenvalue weighted by atomic mass is 35.5. The Morgan fingerprint density at radius 2 is 1.89 bits per heavy atom. The topological polar surface area (TPSA) is 63.1 Å². The first-order valence-electron chi connectivity index (χ1n) is 9.50. The van der Waals surface area contributed by atoms with E-state index in [9.17, 15) is 4.79 Å². The largest absolute Gasteiger partial charge is 0.336 e. The van der Waals surface area contributed by atoms with E-state index in [1.54, 1.807) is 6.20 Å². The molecule has 1 saturated heterocycles. The van der Waals surface area contributed by atoms with E-state index in [0.29, 0.717) is 5.56 Å². The monoisotopic (exact) mass is 399 g/mol. The molecule has 2 aromatic heterocycles. The van der Waals surface area contributed by atoms with Gasteiger partial charge in [0.05, 0.1) is 22.8 Å². The van der Waals surface area contributed by atoms with Crippen molar-refractivity contribution in [2.75, 3.05) is 26.2 Å². The van der Waals surface area contributed by atoms with E-state index >= 15 is 0 Å². The zero-order valence-electron chi connectivity index (χ0n) is 16.5. The summed E-state index contributed by atoms with van der Waals surface area (Å²) in [5.41, 5.74) is 4.46. The molecule has 0 radical (unpaired) electrons. The lowest BCUT2D eigenvalue weighted by atomic mass is 10.0. The minimum Gasteiger partial charge on any atom is -0.336 e. The number of benzene rings is 1. The molecule has 3 aromatic rings. The number of hydrogen-bond donors (Lipinski definition) is 1. The lowest BCUT2D eigenvalue weighted by molar-refractivity contribution is 0.0738. The quantitative estimate of drug-likeness (QED) is 0.732. The second-order valence-electron chi connectivity index (χ2n) is 7.33. The smallest absolute Gasteiger partial charge is 0.254 e. The van der Waals surface area contributed by atoms with Crippen molar-refractivity contribution in [3.05, 3.63) is 47.7 Å². The van der Waals surface area contributed by atoms with Crippen LogP contribution in [0.5, 0.6) is 0 Å². The molecule has 0 aliphatic carbocycles. The number of fused-ring (bicyclic) bond motifs is 1. The van der Waals surface area contributed by atoms with E-state index in [-0.39, 0.29) is 24.4 Å². The Balaban J connectivity index is 0.00000225. The van der Waals surface area contributed by atoms with Gasteiger partial charge in [-0.15, -0.1) is 12.4 Å². The summed E-state index contributed by atoms with van der Waals surface area (Å²) in [5, 5.41) is 8.63. The standard InChI is InChI=1S/C21H25N5O.ClH/c1-14(2)26-20-18(13-23-26)17(21(27)25-10-8-22-9-11-25)12-19(24-20)16-7-5-4-6-15(16)3;/h4-7,12-14,22H,8-11H2,1-3H3;1H. The number of amides is 1. The van der Waals surface area contributed by atoms with Crippen LogP contribution in [0.15, 0.2) is 36.5 Å². The van der Waals surface area contributed by atoms with Crippen molar-refractivity contribution in [1.82, 2.24) is 25.0 Å². The van der Waals surface area contributed by atoms with Crippen molar-refractivity contribution >= 4 is 29.3 Å². The number of nitrogens with zero attached hydrogens (tertiary/aromatic N) is 4. The second-order valence-corrected chi connectivity index (χ2v) is 7.33. The lowest BCUT2D eigenvalue weighted by Crippen LogP contribution is -2.46. The van der Waals surface area contributed by atoms with Crippen LogP contribution in [0.1, 0.15) is 35.8 Å². The third-order valence-corrected chi connectivity index (χ3v) is 5.11. The van der Waals surface area contributed by atoms with Crippen molar-refractivity contribution in [2.45, 2.75) is 26.8 Å². The molecule has 0 spiro atoms. The lowest BCUT2D eigenvalue weighted by Gasteiger charge is -2.27. The van der Waals surface area contributed by atoms with Gasteiger partial charge in [-0.25, -0.2) is 9.67 Å². The molecular formula is C21H26ClN5O. The number of aryl methyl sites for hydroxylation is 1. The van der Waals surface area contributed by atoms with Crippen LogP contribution in [0.25, 0.3) is 22.3 Å². The summed E-state index contributed by atoms with van der Waals surface area (Å²) in [6, 6.07) is 10.2. The fourth-order valence-corrected chi connectivity index (χ4v) is 3.61. The molecule has 0 saturated carbocycles. The number of carbonyl (C=O) groups is 1. The molecule has 0 unspecified atom stereocenters. The Morgan fingerprint density at radius 3 is 2.57 bits per heavy atom. The average molecular weight is 400 g/mol. The van der Waals surface area contributed by atoms with E-state index < -0.39 is 0 Å². The molecule has 1 aliphatic rings. The SMILES string of the molecule is Cc1ccccc1-c1cc(C(=O)N2CCNCC2)c2cnn(C(C)C)c2n1.Cl.